The van der Waals surface area contributed by atoms with Gasteiger partial charge in [0, 0.05) is 21.9 Å². The normalized spacial score (nSPS) is 22.7. The molecule has 136 valence electrons. The number of piperidine rings is 1. The first-order valence-electron chi connectivity index (χ1n) is 8.07. The molecule has 1 saturated heterocycles. The number of carbonyl (C=O) groups is 2. The van der Waals surface area contributed by atoms with Crippen LogP contribution in [-0.4, -0.2) is 17.0 Å². The van der Waals surface area contributed by atoms with E-state index >= 15 is 0 Å². The molecule has 0 aliphatic carbocycles. The number of aliphatic carboxylic acids is 1. The van der Waals surface area contributed by atoms with Crippen LogP contribution in [0.25, 0.3) is 0 Å². The van der Waals surface area contributed by atoms with Gasteiger partial charge in [-0.3, -0.25) is 9.59 Å². The molecule has 1 aliphatic heterocycles. The van der Waals surface area contributed by atoms with Gasteiger partial charge in [-0.15, -0.1) is 0 Å². The fourth-order valence-corrected chi connectivity index (χ4v) is 3.77. The molecule has 1 aliphatic rings. The molecule has 2 aromatic rings. The van der Waals surface area contributed by atoms with Crippen LogP contribution >= 0.6 is 23.2 Å². The fraction of sp³-hybridized carbons (Fsp3) is 0.263. The summed E-state index contributed by atoms with van der Waals surface area (Å²) in [5, 5.41) is 12.8. The van der Waals surface area contributed by atoms with Crippen LogP contribution in [0.2, 0.25) is 10.0 Å². The average Bonchev–Trinajstić information content (AvgIpc) is 2.56. The molecule has 0 bridgehead atoms. The third kappa shape index (κ3) is 4.17. The predicted octanol–water partition coefficient (Wildman–Crippen LogP) is 4.57. The number of hydrogen-bond donors (Lipinski definition) is 2. The quantitative estimate of drug-likeness (QED) is 0.796. The zero-order valence-corrected chi connectivity index (χ0v) is 15.1. The number of amides is 1. The largest absolute Gasteiger partial charge is 0.481 e. The van der Waals surface area contributed by atoms with Gasteiger partial charge < -0.3 is 10.4 Å². The molecule has 0 radical (unpaired) electrons. The summed E-state index contributed by atoms with van der Waals surface area (Å²) in [6, 6.07) is 10.8. The number of benzene rings is 2. The Kier molecular flexibility index (Phi) is 5.49. The Bertz CT molecular complexity index is 821. The van der Waals surface area contributed by atoms with Gasteiger partial charge in [-0.05, 0) is 47.9 Å². The van der Waals surface area contributed by atoms with Gasteiger partial charge >= 0.3 is 5.97 Å². The van der Waals surface area contributed by atoms with E-state index in [2.05, 4.69) is 5.32 Å². The van der Waals surface area contributed by atoms with E-state index in [4.69, 9.17) is 28.3 Å². The van der Waals surface area contributed by atoms with Crippen molar-refractivity contribution in [3.63, 3.8) is 0 Å². The van der Waals surface area contributed by atoms with Crippen molar-refractivity contribution in [1.29, 1.82) is 0 Å². The van der Waals surface area contributed by atoms with Crippen molar-refractivity contribution in [2.45, 2.75) is 24.8 Å². The number of nitrogens with one attached hydrogen (secondary N) is 1. The molecular weight excluding hydrogens is 380 g/mol. The summed E-state index contributed by atoms with van der Waals surface area (Å²) in [5.41, 5.74) is 1.42. The van der Waals surface area contributed by atoms with Gasteiger partial charge in [0.15, 0.2) is 0 Å². The van der Waals surface area contributed by atoms with Crippen LogP contribution in [0.15, 0.2) is 42.5 Å². The van der Waals surface area contributed by atoms with Crippen molar-refractivity contribution in [3.8, 4) is 0 Å². The summed E-state index contributed by atoms with van der Waals surface area (Å²) >= 11 is 11.9. The van der Waals surface area contributed by atoms with E-state index in [9.17, 15) is 14.0 Å². The van der Waals surface area contributed by atoms with Crippen molar-refractivity contribution in [2.75, 3.05) is 0 Å². The van der Waals surface area contributed by atoms with Crippen molar-refractivity contribution < 1.29 is 19.1 Å². The summed E-state index contributed by atoms with van der Waals surface area (Å²) < 4.78 is 13.9. The van der Waals surface area contributed by atoms with Crippen LogP contribution in [0.1, 0.15) is 35.9 Å². The van der Waals surface area contributed by atoms with E-state index in [1.165, 1.54) is 12.1 Å². The van der Waals surface area contributed by atoms with E-state index in [0.717, 1.165) is 5.56 Å². The Hall–Kier alpha value is -2.11. The third-order valence-corrected chi connectivity index (χ3v) is 5.04. The minimum absolute atomic E-state index is 0.251. The molecule has 1 fully saturated rings. The molecule has 3 rings (SSSR count). The van der Waals surface area contributed by atoms with E-state index < -0.39 is 23.7 Å². The Morgan fingerprint density at radius 1 is 1.12 bits per heavy atom. The first-order chi connectivity index (χ1) is 12.3. The zero-order chi connectivity index (χ0) is 18.8. The molecule has 0 saturated carbocycles. The van der Waals surface area contributed by atoms with Crippen LogP contribution in [0.3, 0.4) is 0 Å². The fourth-order valence-electron chi connectivity index (χ4n) is 3.41. The predicted molar refractivity (Wildman–Crippen MR) is 96.8 cm³/mol. The van der Waals surface area contributed by atoms with Gasteiger partial charge in [0.25, 0.3) is 0 Å². The summed E-state index contributed by atoms with van der Waals surface area (Å²) in [6.07, 6.45) is 0.00390. The smallest absolute Gasteiger partial charge is 0.304 e. The maximum absolute atomic E-state index is 13.9. The van der Waals surface area contributed by atoms with Gasteiger partial charge in [-0.2, -0.15) is 0 Å². The van der Waals surface area contributed by atoms with Gasteiger partial charge in [-0.1, -0.05) is 35.3 Å². The highest BCUT2D eigenvalue weighted by atomic mass is 35.5. The van der Waals surface area contributed by atoms with Crippen molar-refractivity contribution in [1.82, 2.24) is 5.32 Å². The van der Waals surface area contributed by atoms with E-state index in [0.29, 0.717) is 10.6 Å². The van der Waals surface area contributed by atoms with Crippen LogP contribution < -0.4 is 5.32 Å². The molecule has 0 spiro atoms. The number of carboxylic acids is 1. The van der Waals surface area contributed by atoms with E-state index in [1.807, 2.05) is 0 Å². The van der Waals surface area contributed by atoms with Crippen LogP contribution in [0, 0.1) is 11.7 Å². The number of carbonyl (C=O) groups excluding carboxylic acids is 1. The topological polar surface area (TPSA) is 66.4 Å². The monoisotopic (exact) mass is 395 g/mol. The van der Waals surface area contributed by atoms with E-state index in [1.54, 1.807) is 30.3 Å². The second-order valence-corrected chi connectivity index (χ2v) is 7.25. The average molecular weight is 396 g/mol. The molecule has 1 heterocycles. The molecule has 3 unspecified atom stereocenters. The molecule has 2 aromatic carbocycles. The highest BCUT2D eigenvalue weighted by Crippen LogP contribution is 2.41. The first-order valence-corrected chi connectivity index (χ1v) is 8.82. The minimum Gasteiger partial charge on any atom is -0.481 e. The Morgan fingerprint density at radius 2 is 1.81 bits per heavy atom. The highest BCUT2D eigenvalue weighted by Gasteiger charge is 2.38. The third-order valence-electron chi connectivity index (χ3n) is 4.57. The molecule has 26 heavy (non-hydrogen) atoms. The second kappa shape index (κ2) is 7.64. The second-order valence-electron chi connectivity index (χ2n) is 6.38. The molecule has 4 nitrogen and oxygen atoms in total. The van der Waals surface area contributed by atoms with Gasteiger partial charge in [0.05, 0.1) is 12.5 Å². The lowest BCUT2D eigenvalue weighted by atomic mass is 9.76. The first kappa shape index (κ1) is 18.7. The lowest BCUT2D eigenvalue weighted by Gasteiger charge is -2.37. The van der Waals surface area contributed by atoms with Gasteiger partial charge in [0.2, 0.25) is 5.91 Å². The van der Waals surface area contributed by atoms with Crippen molar-refractivity contribution in [2.24, 2.45) is 5.92 Å². The molecule has 2 N–H and O–H groups in total. The maximum Gasteiger partial charge on any atom is 0.304 e. The van der Waals surface area contributed by atoms with Crippen molar-refractivity contribution in [3.05, 3.63) is 69.5 Å². The molecule has 7 heteroatoms. The van der Waals surface area contributed by atoms with Crippen LogP contribution in [0.4, 0.5) is 4.39 Å². The van der Waals surface area contributed by atoms with E-state index in [-0.39, 0.29) is 29.7 Å². The summed E-state index contributed by atoms with van der Waals surface area (Å²) in [5.74, 6) is -2.86. The molecule has 0 aromatic heterocycles. The highest BCUT2D eigenvalue weighted by molar-refractivity contribution is 6.30. The molecular formula is C19H16Cl2FNO3. The number of rotatable bonds is 4. The summed E-state index contributed by atoms with van der Waals surface area (Å²) in [7, 11) is 0. The molecule has 3 atom stereocenters. The van der Waals surface area contributed by atoms with Gasteiger partial charge in [0.1, 0.15) is 5.82 Å². The number of hydrogen-bond acceptors (Lipinski definition) is 2. The maximum atomic E-state index is 13.9. The lowest BCUT2D eigenvalue weighted by molar-refractivity contribution is -0.142. The Balaban J connectivity index is 2.01. The number of halogens is 3. The summed E-state index contributed by atoms with van der Waals surface area (Å²) in [4.78, 5) is 23.5. The van der Waals surface area contributed by atoms with Crippen LogP contribution in [0.5, 0.6) is 0 Å². The summed E-state index contributed by atoms with van der Waals surface area (Å²) in [6.45, 7) is 0. The minimum atomic E-state index is -1.05. The lowest BCUT2D eigenvalue weighted by Crippen LogP contribution is -2.44. The number of carboxylic acid groups (broad SMARTS) is 1. The Morgan fingerprint density at radius 3 is 2.42 bits per heavy atom. The van der Waals surface area contributed by atoms with Crippen LogP contribution in [-0.2, 0) is 9.59 Å². The molecule has 1 amide bonds. The SMILES string of the molecule is O=C(O)CC1CC(c2cc(F)cc(Cl)c2)C(c2ccc(Cl)cc2)NC1=O. The zero-order valence-electron chi connectivity index (χ0n) is 13.6. The van der Waals surface area contributed by atoms with Crippen molar-refractivity contribution >= 4 is 35.1 Å². The standard InChI is InChI=1S/C19H16Cl2FNO3/c20-13-3-1-10(2-4-13)18-16(11-5-14(21)9-15(22)6-11)7-12(8-17(24)25)19(26)23-18/h1-6,9,12,16,18H,7-8H2,(H,23,26)(H,24,25). The van der Waals surface area contributed by atoms with Gasteiger partial charge in [-0.25, -0.2) is 4.39 Å². The Labute approximate surface area is 159 Å².